The third kappa shape index (κ3) is 4.13. The Morgan fingerprint density at radius 3 is 2.52 bits per heavy atom. The molecule has 1 aliphatic rings. The first kappa shape index (κ1) is 19.5. The molecule has 1 saturated heterocycles. The number of morpholine rings is 1. The van der Waals surface area contributed by atoms with E-state index in [2.05, 4.69) is 26.8 Å². The predicted molar refractivity (Wildman–Crippen MR) is 110 cm³/mol. The second-order valence-corrected chi connectivity index (χ2v) is 7.36. The van der Waals surface area contributed by atoms with Gasteiger partial charge in [-0.15, -0.1) is 0 Å². The average Bonchev–Trinajstić information content (AvgIpc) is 3.17. The molecule has 10 nitrogen and oxygen atoms in total. The topological polar surface area (TPSA) is 117 Å². The van der Waals surface area contributed by atoms with Crippen LogP contribution in [0, 0.1) is 0 Å². The number of hydrogen-bond donors (Lipinski definition) is 1. The molecule has 1 aliphatic heterocycles. The minimum absolute atomic E-state index is 0.0744. The van der Waals surface area contributed by atoms with Crippen molar-refractivity contribution >= 4 is 23.1 Å². The van der Waals surface area contributed by atoms with Gasteiger partial charge < -0.3 is 24.7 Å². The average molecular weight is 398 g/mol. The molecule has 1 unspecified atom stereocenters. The molecule has 4 heterocycles. The third-order valence-electron chi connectivity index (χ3n) is 4.79. The minimum Gasteiger partial charge on any atom is -0.378 e. The maximum Gasteiger partial charge on any atom is 0.228 e. The van der Waals surface area contributed by atoms with Gasteiger partial charge in [0, 0.05) is 31.0 Å². The number of nitrogen functional groups attached to an aromatic ring is 1. The van der Waals surface area contributed by atoms with Crippen LogP contribution in [0.5, 0.6) is 0 Å². The Labute approximate surface area is 169 Å². The molecule has 0 radical (unpaired) electrons. The van der Waals surface area contributed by atoms with Crippen molar-refractivity contribution in [2.75, 3.05) is 43.5 Å². The molecular weight excluding hydrogens is 372 g/mol. The summed E-state index contributed by atoms with van der Waals surface area (Å²) in [5, 5.41) is 0. The van der Waals surface area contributed by atoms with Crippen molar-refractivity contribution in [3.05, 3.63) is 18.7 Å². The van der Waals surface area contributed by atoms with Gasteiger partial charge in [-0.05, 0) is 20.8 Å². The van der Waals surface area contributed by atoms with Crippen LogP contribution in [0.1, 0.15) is 26.8 Å². The molecule has 2 N–H and O–H groups in total. The minimum atomic E-state index is 0.0744. The Hall–Kier alpha value is -2.85. The molecule has 1 atom stereocenters. The van der Waals surface area contributed by atoms with Crippen molar-refractivity contribution in [3.63, 3.8) is 0 Å². The van der Waals surface area contributed by atoms with E-state index in [1.54, 1.807) is 18.7 Å². The zero-order chi connectivity index (χ0) is 20.4. The van der Waals surface area contributed by atoms with E-state index in [9.17, 15) is 0 Å². The van der Waals surface area contributed by atoms with Gasteiger partial charge in [0.15, 0.2) is 5.65 Å². The molecule has 10 heteroatoms. The smallest absolute Gasteiger partial charge is 0.228 e. The van der Waals surface area contributed by atoms with E-state index in [0.29, 0.717) is 37.0 Å². The molecule has 4 rings (SSSR count). The lowest BCUT2D eigenvalue weighted by Crippen LogP contribution is -2.37. The number of anilines is 2. The van der Waals surface area contributed by atoms with Crippen LogP contribution < -0.4 is 10.6 Å². The van der Waals surface area contributed by atoms with Gasteiger partial charge in [-0.2, -0.15) is 4.98 Å². The Kier molecular flexibility index (Phi) is 5.54. The van der Waals surface area contributed by atoms with Crippen molar-refractivity contribution in [2.45, 2.75) is 32.9 Å². The number of ether oxygens (including phenoxy) is 2. The maximum absolute atomic E-state index is 5.80. The van der Waals surface area contributed by atoms with E-state index >= 15 is 0 Å². The SMILES string of the molecule is CC(C)OCC(C)n1cnc2c(-c3cnc(N)nc3)nc(N3CCOCC3)nc21. The van der Waals surface area contributed by atoms with Crippen LogP contribution in [0.3, 0.4) is 0 Å². The summed E-state index contributed by atoms with van der Waals surface area (Å²) in [6.45, 7) is 9.49. The highest BCUT2D eigenvalue weighted by atomic mass is 16.5. The number of imidazole rings is 1. The molecule has 0 bridgehead atoms. The summed E-state index contributed by atoms with van der Waals surface area (Å²) in [6.07, 6.45) is 5.28. The highest BCUT2D eigenvalue weighted by Gasteiger charge is 2.22. The maximum atomic E-state index is 5.80. The number of aromatic nitrogens is 6. The Bertz CT molecular complexity index is 966. The van der Waals surface area contributed by atoms with Crippen molar-refractivity contribution in [2.24, 2.45) is 0 Å². The number of rotatable bonds is 6. The quantitative estimate of drug-likeness (QED) is 0.662. The van der Waals surface area contributed by atoms with Crippen LogP contribution in [-0.2, 0) is 9.47 Å². The lowest BCUT2D eigenvalue weighted by Gasteiger charge is -2.27. The van der Waals surface area contributed by atoms with Crippen LogP contribution in [0.25, 0.3) is 22.4 Å². The van der Waals surface area contributed by atoms with Crippen molar-refractivity contribution < 1.29 is 9.47 Å². The molecule has 0 spiro atoms. The summed E-state index contributed by atoms with van der Waals surface area (Å²) in [6, 6.07) is 0.0744. The van der Waals surface area contributed by atoms with E-state index < -0.39 is 0 Å². The number of hydrogen-bond acceptors (Lipinski definition) is 9. The van der Waals surface area contributed by atoms with E-state index in [0.717, 1.165) is 24.3 Å². The Balaban J connectivity index is 1.81. The van der Waals surface area contributed by atoms with Gasteiger partial charge in [-0.1, -0.05) is 0 Å². The van der Waals surface area contributed by atoms with Crippen LogP contribution in [0.4, 0.5) is 11.9 Å². The Morgan fingerprint density at radius 2 is 1.83 bits per heavy atom. The molecule has 3 aromatic rings. The summed E-state index contributed by atoms with van der Waals surface area (Å²) in [5.41, 5.74) is 8.55. The molecule has 29 heavy (non-hydrogen) atoms. The monoisotopic (exact) mass is 398 g/mol. The van der Waals surface area contributed by atoms with Crippen molar-refractivity contribution in [1.82, 2.24) is 29.5 Å². The predicted octanol–water partition coefficient (Wildman–Crippen LogP) is 1.69. The van der Waals surface area contributed by atoms with E-state index in [1.807, 2.05) is 18.4 Å². The van der Waals surface area contributed by atoms with Gasteiger partial charge in [0.1, 0.15) is 11.2 Å². The van der Waals surface area contributed by atoms with Gasteiger partial charge in [-0.25, -0.2) is 19.9 Å². The summed E-state index contributed by atoms with van der Waals surface area (Å²) >= 11 is 0. The third-order valence-corrected chi connectivity index (χ3v) is 4.79. The van der Waals surface area contributed by atoms with Gasteiger partial charge in [0.2, 0.25) is 11.9 Å². The first-order valence-corrected chi connectivity index (χ1v) is 9.79. The summed E-state index contributed by atoms with van der Waals surface area (Å²) in [7, 11) is 0. The Morgan fingerprint density at radius 1 is 1.10 bits per heavy atom. The van der Waals surface area contributed by atoms with Crippen LogP contribution >= 0.6 is 0 Å². The second kappa shape index (κ2) is 8.26. The van der Waals surface area contributed by atoms with Crippen LogP contribution in [-0.4, -0.2) is 68.5 Å². The lowest BCUT2D eigenvalue weighted by atomic mass is 10.2. The fourth-order valence-electron chi connectivity index (χ4n) is 3.21. The summed E-state index contributed by atoms with van der Waals surface area (Å²) < 4.78 is 13.3. The summed E-state index contributed by atoms with van der Waals surface area (Å²) in [4.78, 5) is 24.6. The number of nitrogens with zero attached hydrogens (tertiary/aromatic N) is 7. The molecule has 0 saturated carbocycles. The van der Waals surface area contributed by atoms with E-state index in [1.165, 1.54) is 0 Å². The van der Waals surface area contributed by atoms with E-state index in [4.69, 9.17) is 25.2 Å². The van der Waals surface area contributed by atoms with Crippen LogP contribution in [0.2, 0.25) is 0 Å². The second-order valence-electron chi connectivity index (χ2n) is 7.36. The van der Waals surface area contributed by atoms with Crippen LogP contribution in [0.15, 0.2) is 18.7 Å². The molecule has 3 aromatic heterocycles. The number of nitrogens with two attached hydrogens (primary N) is 1. The highest BCUT2D eigenvalue weighted by Crippen LogP contribution is 2.28. The first-order valence-electron chi connectivity index (χ1n) is 9.79. The fraction of sp³-hybridized carbons (Fsp3) is 0.526. The van der Waals surface area contributed by atoms with Crippen molar-refractivity contribution in [1.29, 1.82) is 0 Å². The fourth-order valence-corrected chi connectivity index (χ4v) is 3.21. The molecule has 0 aromatic carbocycles. The molecular formula is C19H26N8O2. The molecule has 0 amide bonds. The molecule has 0 aliphatic carbocycles. The van der Waals surface area contributed by atoms with Gasteiger partial charge in [-0.3, -0.25) is 0 Å². The molecule has 1 fully saturated rings. The standard InChI is InChI=1S/C19H26N8O2/c1-12(2)29-10-13(3)27-11-23-16-15(14-8-21-18(20)22-9-14)24-19(25-17(16)27)26-4-6-28-7-5-26/h8-9,11-13H,4-7,10H2,1-3H3,(H2,20,21,22). The zero-order valence-electron chi connectivity index (χ0n) is 16.9. The van der Waals surface area contributed by atoms with Gasteiger partial charge in [0.05, 0.1) is 38.3 Å². The highest BCUT2D eigenvalue weighted by molar-refractivity contribution is 5.88. The zero-order valence-corrected chi connectivity index (χ0v) is 16.9. The molecule has 154 valence electrons. The largest absolute Gasteiger partial charge is 0.378 e. The van der Waals surface area contributed by atoms with E-state index in [-0.39, 0.29) is 18.1 Å². The van der Waals surface area contributed by atoms with Gasteiger partial charge in [0.25, 0.3) is 0 Å². The van der Waals surface area contributed by atoms with Gasteiger partial charge >= 0.3 is 0 Å². The number of fused-ring (bicyclic) bond motifs is 1. The van der Waals surface area contributed by atoms with Crippen molar-refractivity contribution in [3.8, 4) is 11.3 Å². The first-order chi connectivity index (χ1) is 14.0. The normalized spacial score (nSPS) is 15.9. The summed E-state index contributed by atoms with van der Waals surface area (Å²) in [5.74, 6) is 0.865. The lowest BCUT2D eigenvalue weighted by molar-refractivity contribution is 0.0585.